The van der Waals surface area contributed by atoms with E-state index in [0.29, 0.717) is 13.1 Å². The van der Waals surface area contributed by atoms with E-state index in [-0.39, 0.29) is 5.91 Å². The summed E-state index contributed by atoms with van der Waals surface area (Å²) >= 11 is 0. The molecule has 0 atom stereocenters. The molecule has 0 saturated heterocycles. The fourth-order valence-corrected chi connectivity index (χ4v) is 4.00. The number of hydrogen-bond donors (Lipinski definition) is 0. The number of benzene rings is 4. The van der Waals surface area contributed by atoms with Crippen molar-refractivity contribution in [3.63, 3.8) is 0 Å². The molecule has 4 aromatic carbocycles. The minimum atomic E-state index is 0.0804. The van der Waals surface area contributed by atoms with Gasteiger partial charge in [0.25, 0.3) is 5.91 Å². The highest BCUT2D eigenvalue weighted by molar-refractivity contribution is 6.14. The molecular formula is C27H25NO. The molecule has 2 nitrogen and oxygen atoms in total. The van der Waals surface area contributed by atoms with E-state index in [0.717, 1.165) is 38.6 Å². The van der Waals surface area contributed by atoms with E-state index in [1.807, 2.05) is 55.1 Å². The highest BCUT2D eigenvalue weighted by Crippen LogP contribution is 2.39. The van der Waals surface area contributed by atoms with E-state index in [4.69, 9.17) is 0 Å². The fraction of sp³-hybridized carbons (Fsp3) is 0.148. The molecule has 0 heterocycles. The van der Waals surface area contributed by atoms with Crippen molar-refractivity contribution < 1.29 is 4.79 Å². The average Bonchev–Trinajstić information content (AvgIpc) is 2.80. The van der Waals surface area contributed by atoms with Gasteiger partial charge in [-0.25, -0.2) is 0 Å². The van der Waals surface area contributed by atoms with Gasteiger partial charge in [-0.3, -0.25) is 4.79 Å². The summed E-state index contributed by atoms with van der Waals surface area (Å²) in [6.45, 7) is 5.44. The Balaban J connectivity index is 2.09. The van der Waals surface area contributed by atoms with Crippen LogP contribution in [0.15, 0.2) is 91.0 Å². The first kappa shape index (κ1) is 18.9. The van der Waals surface area contributed by atoms with Crippen molar-refractivity contribution in [1.82, 2.24) is 4.90 Å². The number of carbonyl (C=O) groups is 1. The minimum absolute atomic E-state index is 0.0804. The third-order valence-electron chi connectivity index (χ3n) is 5.47. The van der Waals surface area contributed by atoms with Gasteiger partial charge in [0.1, 0.15) is 0 Å². The Hall–Kier alpha value is -3.39. The first-order valence-electron chi connectivity index (χ1n) is 10.2. The first-order valence-corrected chi connectivity index (χ1v) is 10.2. The van der Waals surface area contributed by atoms with Crippen LogP contribution in [-0.4, -0.2) is 23.9 Å². The molecule has 4 aromatic rings. The van der Waals surface area contributed by atoms with Gasteiger partial charge in [-0.05, 0) is 47.4 Å². The van der Waals surface area contributed by atoms with E-state index in [1.165, 1.54) is 0 Å². The predicted molar refractivity (Wildman–Crippen MR) is 122 cm³/mol. The fourth-order valence-electron chi connectivity index (χ4n) is 4.00. The zero-order valence-corrected chi connectivity index (χ0v) is 16.9. The quantitative estimate of drug-likeness (QED) is 0.380. The summed E-state index contributed by atoms with van der Waals surface area (Å²) in [5.41, 5.74) is 5.06. The number of rotatable bonds is 5. The van der Waals surface area contributed by atoms with Crippen molar-refractivity contribution in [1.29, 1.82) is 0 Å². The number of fused-ring (bicyclic) bond motifs is 1. The smallest absolute Gasteiger partial charge is 0.254 e. The second-order valence-electron chi connectivity index (χ2n) is 7.10. The number of amides is 1. The van der Waals surface area contributed by atoms with Crippen molar-refractivity contribution >= 4 is 16.7 Å². The summed E-state index contributed by atoms with van der Waals surface area (Å²) < 4.78 is 0. The monoisotopic (exact) mass is 379 g/mol. The molecule has 0 spiro atoms. The molecule has 0 fully saturated rings. The van der Waals surface area contributed by atoms with Gasteiger partial charge in [0.05, 0.1) is 0 Å². The Morgan fingerprint density at radius 2 is 1.21 bits per heavy atom. The summed E-state index contributed by atoms with van der Waals surface area (Å²) in [5, 5.41) is 2.27. The van der Waals surface area contributed by atoms with E-state index in [9.17, 15) is 4.79 Å². The van der Waals surface area contributed by atoms with Crippen LogP contribution < -0.4 is 0 Å². The van der Waals surface area contributed by atoms with E-state index in [1.54, 1.807) is 0 Å². The molecule has 0 N–H and O–H groups in total. The summed E-state index contributed by atoms with van der Waals surface area (Å²) in [5.74, 6) is 0.0804. The summed E-state index contributed by atoms with van der Waals surface area (Å²) in [7, 11) is 0. The molecule has 0 unspecified atom stereocenters. The molecular weight excluding hydrogens is 354 g/mol. The lowest BCUT2D eigenvalue weighted by atomic mass is 9.87. The van der Waals surface area contributed by atoms with Gasteiger partial charge in [-0.15, -0.1) is 0 Å². The van der Waals surface area contributed by atoms with Gasteiger partial charge in [0.2, 0.25) is 0 Å². The normalized spacial score (nSPS) is 10.8. The predicted octanol–water partition coefficient (Wildman–Crippen LogP) is 6.66. The van der Waals surface area contributed by atoms with Crippen LogP contribution in [-0.2, 0) is 0 Å². The molecule has 0 aliphatic heterocycles. The SMILES string of the molecule is CCN(CC)C(=O)c1cc(-c2ccccc2)c2ccccc2c1-c1ccccc1. The van der Waals surface area contributed by atoms with Crippen LogP contribution in [0.1, 0.15) is 24.2 Å². The van der Waals surface area contributed by atoms with E-state index >= 15 is 0 Å². The molecule has 0 aromatic heterocycles. The molecule has 0 radical (unpaired) electrons. The van der Waals surface area contributed by atoms with Crippen LogP contribution >= 0.6 is 0 Å². The highest BCUT2D eigenvalue weighted by atomic mass is 16.2. The van der Waals surface area contributed by atoms with Crippen LogP contribution in [0.5, 0.6) is 0 Å². The molecule has 0 aliphatic carbocycles. The summed E-state index contributed by atoms with van der Waals surface area (Å²) in [6, 6.07) is 31.0. The summed E-state index contributed by atoms with van der Waals surface area (Å²) in [4.78, 5) is 15.4. The summed E-state index contributed by atoms with van der Waals surface area (Å²) in [6.07, 6.45) is 0. The average molecular weight is 380 g/mol. The van der Waals surface area contributed by atoms with Crippen LogP contribution in [0, 0.1) is 0 Å². The molecule has 0 bridgehead atoms. The van der Waals surface area contributed by atoms with Crippen LogP contribution in [0.2, 0.25) is 0 Å². The molecule has 2 heteroatoms. The molecule has 29 heavy (non-hydrogen) atoms. The lowest BCUT2D eigenvalue weighted by Crippen LogP contribution is -2.31. The first-order chi connectivity index (χ1) is 14.2. The number of carbonyl (C=O) groups excluding carboxylic acids is 1. The van der Waals surface area contributed by atoms with Gasteiger partial charge in [-0.2, -0.15) is 0 Å². The van der Waals surface area contributed by atoms with Gasteiger partial charge >= 0.3 is 0 Å². The maximum absolute atomic E-state index is 13.6. The van der Waals surface area contributed by atoms with Gasteiger partial charge < -0.3 is 4.90 Å². The van der Waals surface area contributed by atoms with Crippen molar-refractivity contribution in [2.45, 2.75) is 13.8 Å². The lowest BCUT2D eigenvalue weighted by Gasteiger charge is -2.23. The molecule has 144 valence electrons. The maximum Gasteiger partial charge on any atom is 0.254 e. The van der Waals surface area contributed by atoms with Crippen molar-refractivity contribution in [2.75, 3.05) is 13.1 Å². The lowest BCUT2D eigenvalue weighted by molar-refractivity contribution is 0.0774. The van der Waals surface area contributed by atoms with Crippen LogP contribution in [0.4, 0.5) is 0 Å². The maximum atomic E-state index is 13.6. The van der Waals surface area contributed by atoms with E-state index < -0.39 is 0 Å². The Morgan fingerprint density at radius 1 is 0.690 bits per heavy atom. The molecule has 1 amide bonds. The zero-order valence-electron chi connectivity index (χ0n) is 16.9. The second-order valence-corrected chi connectivity index (χ2v) is 7.10. The van der Waals surface area contributed by atoms with Crippen molar-refractivity contribution in [3.05, 3.63) is 96.6 Å². The highest BCUT2D eigenvalue weighted by Gasteiger charge is 2.22. The van der Waals surface area contributed by atoms with Crippen molar-refractivity contribution in [2.24, 2.45) is 0 Å². The van der Waals surface area contributed by atoms with E-state index in [2.05, 4.69) is 54.6 Å². The molecule has 4 rings (SSSR count). The van der Waals surface area contributed by atoms with Crippen molar-refractivity contribution in [3.8, 4) is 22.3 Å². The molecule has 0 saturated carbocycles. The zero-order chi connectivity index (χ0) is 20.2. The minimum Gasteiger partial charge on any atom is -0.339 e. The van der Waals surface area contributed by atoms with Gasteiger partial charge in [0.15, 0.2) is 0 Å². The topological polar surface area (TPSA) is 20.3 Å². The van der Waals surface area contributed by atoms with Gasteiger partial charge in [0, 0.05) is 24.2 Å². The van der Waals surface area contributed by atoms with Crippen LogP contribution in [0.25, 0.3) is 33.0 Å². The Labute approximate surface area is 172 Å². The van der Waals surface area contributed by atoms with Gasteiger partial charge in [-0.1, -0.05) is 84.9 Å². The Kier molecular flexibility index (Phi) is 5.44. The third-order valence-corrected chi connectivity index (χ3v) is 5.47. The third kappa shape index (κ3) is 3.54. The standard InChI is InChI=1S/C27H25NO/c1-3-28(4-2)27(29)25-19-24(20-13-7-5-8-14-20)22-17-11-12-18-23(22)26(25)21-15-9-6-10-16-21/h5-19H,3-4H2,1-2H3. The van der Waals surface area contributed by atoms with Crippen LogP contribution in [0.3, 0.4) is 0 Å². The largest absolute Gasteiger partial charge is 0.339 e. The Bertz CT molecular complexity index is 1130. The molecule has 0 aliphatic rings. The second kappa shape index (κ2) is 8.32. The number of hydrogen-bond acceptors (Lipinski definition) is 1. The Morgan fingerprint density at radius 3 is 1.79 bits per heavy atom. The number of nitrogens with zero attached hydrogens (tertiary/aromatic N) is 1.